The minimum atomic E-state index is -0.622. The second kappa shape index (κ2) is 5.88. The number of aromatic hydroxyl groups is 1. The first-order valence-corrected chi connectivity index (χ1v) is 7.65. The Balaban J connectivity index is 1.90. The van der Waals surface area contributed by atoms with Crippen LogP contribution in [0.25, 0.3) is 0 Å². The van der Waals surface area contributed by atoms with Crippen molar-refractivity contribution < 1.29 is 9.50 Å². The SMILES string of the molecule is Oc1c(F)cc(Cl)cc1[C@H](CC1CC1)N1CCNCC1. The average molecular weight is 299 g/mol. The lowest BCUT2D eigenvalue weighted by atomic mass is 9.97. The standard InChI is InChI=1S/C15H20ClFN2O/c16-11-8-12(15(20)13(17)9-11)14(7-10-1-2-10)19-5-3-18-4-6-19/h8-10,14,18,20H,1-7H2/t14-/m0/s1. The van der Waals surface area contributed by atoms with E-state index in [1.165, 1.54) is 18.9 Å². The summed E-state index contributed by atoms with van der Waals surface area (Å²) in [5.41, 5.74) is 0.642. The average Bonchev–Trinajstić information content (AvgIpc) is 3.25. The summed E-state index contributed by atoms with van der Waals surface area (Å²) in [4.78, 5) is 2.33. The number of phenolic OH excluding ortho intramolecular Hbond substituents is 1. The molecule has 0 radical (unpaired) electrons. The molecule has 1 aliphatic carbocycles. The topological polar surface area (TPSA) is 35.5 Å². The molecular formula is C15H20ClFN2O. The number of nitrogens with zero attached hydrogens (tertiary/aromatic N) is 1. The lowest BCUT2D eigenvalue weighted by molar-refractivity contribution is 0.157. The van der Waals surface area contributed by atoms with E-state index in [1.54, 1.807) is 6.07 Å². The summed E-state index contributed by atoms with van der Waals surface area (Å²) in [6.45, 7) is 3.71. The molecule has 20 heavy (non-hydrogen) atoms. The van der Waals surface area contributed by atoms with E-state index in [1.807, 2.05) is 0 Å². The van der Waals surface area contributed by atoms with Crippen molar-refractivity contribution in [2.45, 2.75) is 25.3 Å². The fraction of sp³-hybridized carbons (Fsp3) is 0.600. The van der Waals surface area contributed by atoms with Gasteiger partial charge in [-0.3, -0.25) is 4.90 Å². The third-order valence-electron chi connectivity index (χ3n) is 4.26. The molecule has 0 spiro atoms. The van der Waals surface area contributed by atoms with E-state index in [2.05, 4.69) is 10.2 Å². The molecule has 1 heterocycles. The van der Waals surface area contributed by atoms with E-state index in [9.17, 15) is 9.50 Å². The van der Waals surface area contributed by atoms with Crippen molar-refractivity contribution in [2.24, 2.45) is 5.92 Å². The predicted octanol–water partition coefficient (Wildman–Crippen LogP) is 2.93. The van der Waals surface area contributed by atoms with E-state index >= 15 is 0 Å². The molecule has 0 unspecified atom stereocenters. The molecule has 1 aromatic rings. The predicted molar refractivity (Wildman–Crippen MR) is 77.6 cm³/mol. The Bertz CT molecular complexity index is 487. The van der Waals surface area contributed by atoms with Crippen LogP contribution in [0.4, 0.5) is 4.39 Å². The Morgan fingerprint density at radius 1 is 1.35 bits per heavy atom. The first-order valence-electron chi connectivity index (χ1n) is 7.28. The fourth-order valence-electron chi connectivity index (χ4n) is 2.98. The molecule has 1 saturated carbocycles. The van der Waals surface area contributed by atoms with Gasteiger partial charge in [-0.05, 0) is 24.5 Å². The fourth-order valence-corrected chi connectivity index (χ4v) is 3.19. The van der Waals surface area contributed by atoms with Gasteiger partial charge in [0.15, 0.2) is 11.6 Å². The highest BCUT2D eigenvalue weighted by Gasteiger charge is 2.32. The number of rotatable bonds is 4. The maximum atomic E-state index is 13.8. The maximum absolute atomic E-state index is 13.8. The van der Waals surface area contributed by atoms with Crippen molar-refractivity contribution in [3.05, 3.63) is 28.5 Å². The van der Waals surface area contributed by atoms with Gasteiger partial charge in [0.1, 0.15) is 0 Å². The van der Waals surface area contributed by atoms with E-state index in [-0.39, 0.29) is 11.8 Å². The number of hydrogen-bond acceptors (Lipinski definition) is 3. The lowest BCUT2D eigenvalue weighted by Crippen LogP contribution is -2.45. The summed E-state index contributed by atoms with van der Waals surface area (Å²) in [7, 11) is 0. The molecular weight excluding hydrogens is 279 g/mol. The summed E-state index contributed by atoms with van der Waals surface area (Å²) in [5.74, 6) is -0.154. The van der Waals surface area contributed by atoms with Gasteiger partial charge in [-0.15, -0.1) is 0 Å². The van der Waals surface area contributed by atoms with E-state index < -0.39 is 5.82 Å². The molecule has 2 aliphatic rings. The van der Waals surface area contributed by atoms with Crippen LogP contribution in [0.3, 0.4) is 0 Å². The third-order valence-corrected chi connectivity index (χ3v) is 4.48. The summed E-state index contributed by atoms with van der Waals surface area (Å²) in [6.07, 6.45) is 3.46. The molecule has 3 rings (SSSR count). The molecule has 0 bridgehead atoms. The van der Waals surface area contributed by atoms with Crippen LogP contribution in [-0.2, 0) is 0 Å². The number of phenols is 1. The molecule has 5 heteroatoms. The van der Waals surface area contributed by atoms with Crippen molar-refractivity contribution >= 4 is 11.6 Å². The Morgan fingerprint density at radius 3 is 2.70 bits per heavy atom. The summed E-state index contributed by atoms with van der Waals surface area (Å²) in [5, 5.41) is 13.8. The second-order valence-electron chi connectivity index (χ2n) is 5.81. The van der Waals surface area contributed by atoms with Crippen molar-refractivity contribution in [1.29, 1.82) is 0 Å². The molecule has 1 saturated heterocycles. The van der Waals surface area contributed by atoms with Gasteiger partial charge in [-0.2, -0.15) is 0 Å². The molecule has 1 aromatic carbocycles. The quantitative estimate of drug-likeness (QED) is 0.897. The summed E-state index contributed by atoms with van der Waals surface area (Å²) >= 11 is 5.98. The Morgan fingerprint density at radius 2 is 2.05 bits per heavy atom. The highest BCUT2D eigenvalue weighted by molar-refractivity contribution is 6.30. The maximum Gasteiger partial charge on any atom is 0.166 e. The zero-order valence-electron chi connectivity index (χ0n) is 11.4. The number of nitrogens with one attached hydrogen (secondary N) is 1. The van der Waals surface area contributed by atoms with Gasteiger partial charge in [0, 0.05) is 42.8 Å². The van der Waals surface area contributed by atoms with Crippen LogP contribution < -0.4 is 5.32 Å². The minimum absolute atomic E-state index is 0.0674. The molecule has 1 atom stereocenters. The highest BCUT2D eigenvalue weighted by atomic mass is 35.5. The first kappa shape index (κ1) is 14.1. The Hall–Kier alpha value is -0.840. The van der Waals surface area contributed by atoms with Crippen LogP contribution >= 0.6 is 11.6 Å². The van der Waals surface area contributed by atoms with Gasteiger partial charge in [-0.25, -0.2) is 4.39 Å². The number of halogens is 2. The molecule has 110 valence electrons. The van der Waals surface area contributed by atoms with E-state index in [0.29, 0.717) is 16.5 Å². The van der Waals surface area contributed by atoms with Gasteiger partial charge in [0.25, 0.3) is 0 Å². The Labute approximate surface area is 123 Å². The summed E-state index contributed by atoms with van der Waals surface area (Å²) < 4.78 is 13.8. The normalized spacial score (nSPS) is 21.9. The van der Waals surface area contributed by atoms with Gasteiger partial charge < -0.3 is 10.4 Å². The molecule has 0 aromatic heterocycles. The highest BCUT2D eigenvalue weighted by Crippen LogP contribution is 2.43. The largest absolute Gasteiger partial charge is 0.505 e. The molecule has 2 N–H and O–H groups in total. The van der Waals surface area contributed by atoms with Crippen molar-refractivity contribution in [3.63, 3.8) is 0 Å². The number of benzene rings is 1. The van der Waals surface area contributed by atoms with Crippen LogP contribution in [0.2, 0.25) is 5.02 Å². The molecule has 2 fully saturated rings. The van der Waals surface area contributed by atoms with Gasteiger partial charge in [0.05, 0.1) is 0 Å². The second-order valence-corrected chi connectivity index (χ2v) is 6.24. The van der Waals surface area contributed by atoms with Crippen molar-refractivity contribution in [2.75, 3.05) is 26.2 Å². The molecule has 3 nitrogen and oxygen atoms in total. The molecule has 0 amide bonds. The van der Waals surface area contributed by atoms with Crippen LogP contribution in [-0.4, -0.2) is 36.2 Å². The van der Waals surface area contributed by atoms with Crippen molar-refractivity contribution in [1.82, 2.24) is 10.2 Å². The molecule has 1 aliphatic heterocycles. The van der Waals surface area contributed by atoms with Crippen LogP contribution in [0.5, 0.6) is 5.75 Å². The first-order chi connectivity index (χ1) is 9.65. The van der Waals surface area contributed by atoms with Gasteiger partial charge >= 0.3 is 0 Å². The smallest absolute Gasteiger partial charge is 0.166 e. The van der Waals surface area contributed by atoms with Gasteiger partial charge in [-0.1, -0.05) is 24.4 Å². The summed E-state index contributed by atoms with van der Waals surface area (Å²) in [6, 6.07) is 2.96. The Kier molecular flexibility index (Phi) is 4.15. The van der Waals surface area contributed by atoms with Crippen molar-refractivity contribution in [3.8, 4) is 5.75 Å². The number of piperazine rings is 1. The minimum Gasteiger partial charge on any atom is -0.505 e. The van der Waals surface area contributed by atoms with Crippen LogP contribution in [0.1, 0.15) is 30.9 Å². The number of hydrogen-bond donors (Lipinski definition) is 2. The van der Waals surface area contributed by atoms with E-state index in [0.717, 1.165) is 32.6 Å². The van der Waals surface area contributed by atoms with Crippen LogP contribution in [0.15, 0.2) is 12.1 Å². The van der Waals surface area contributed by atoms with E-state index in [4.69, 9.17) is 11.6 Å². The third kappa shape index (κ3) is 3.08. The zero-order chi connectivity index (χ0) is 14.1. The van der Waals surface area contributed by atoms with Gasteiger partial charge in [0.2, 0.25) is 0 Å². The monoisotopic (exact) mass is 298 g/mol. The lowest BCUT2D eigenvalue weighted by Gasteiger charge is -2.35. The van der Waals surface area contributed by atoms with Crippen LogP contribution in [0, 0.1) is 11.7 Å². The zero-order valence-corrected chi connectivity index (χ0v) is 12.2.